The Morgan fingerprint density at radius 1 is 0.774 bits per heavy atom. The first-order chi connectivity index (χ1) is 14.5. The molecule has 0 amide bonds. The molecule has 1 aliphatic rings. The highest BCUT2D eigenvalue weighted by Gasteiger charge is 2.33. The quantitative estimate of drug-likeness (QED) is 0.300. The molecule has 0 aliphatic carbocycles. The topological polar surface area (TPSA) is 77.5 Å². The Balaban J connectivity index is 2.33. The van der Waals surface area contributed by atoms with Gasteiger partial charge >= 0.3 is 5.97 Å². The monoisotopic (exact) mass is 436 g/mol. The highest BCUT2D eigenvalue weighted by molar-refractivity contribution is 8.09. The number of benzene rings is 2. The minimum absolute atomic E-state index is 0.0201. The number of esters is 1. The second-order valence-corrected chi connectivity index (χ2v) is 10.0. The summed E-state index contributed by atoms with van der Waals surface area (Å²) in [6, 6.07) is 17.2. The average Bonchev–Trinajstić information content (AvgIpc) is 2.68. The zero-order valence-electron chi connectivity index (χ0n) is 17.9. The lowest BCUT2D eigenvalue weighted by molar-refractivity contribution is -0.150. The van der Waals surface area contributed by atoms with Crippen LogP contribution < -0.4 is 0 Å². The SMILES string of the molecule is CC(=O)C(C(=O)OC(C)(C)C)=C1C=C(c2ccccc2)S(=O)(=O)C(c2ccccc2)=C1. The van der Waals surface area contributed by atoms with Gasteiger partial charge in [-0.05, 0) is 56.5 Å². The van der Waals surface area contributed by atoms with Crippen LogP contribution in [0.4, 0.5) is 0 Å². The Kier molecular flexibility index (Phi) is 6.13. The van der Waals surface area contributed by atoms with Crippen molar-refractivity contribution < 1.29 is 22.7 Å². The zero-order valence-corrected chi connectivity index (χ0v) is 18.7. The van der Waals surface area contributed by atoms with Gasteiger partial charge in [0.05, 0.1) is 9.81 Å². The number of hydrogen-bond donors (Lipinski definition) is 0. The van der Waals surface area contributed by atoms with E-state index in [9.17, 15) is 18.0 Å². The summed E-state index contributed by atoms with van der Waals surface area (Å²) in [6.07, 6.45) is 2.75. The van der Waals surface area contributed by atoms with Gasteiger partial charge in [0.2, 0.25) is 9.84 Å². The fourth-order valence-electron chi connectivity index (χ4n) is 3.22. The predicted octanol–water partition coefficient (Wildman–Crippen LogP) is 4.72. The van der Waals surface area contributed by atoms with Crippen LogP contribution in [-0.4, -0.2) is 25.8 Å². The van der Waals surface area contributed by atoms with Crippen LogP contribution in [0.25, 0.3) is 9.81 Å². The third-order valence-electron chi connectivity index (χ3n) is 4.51. The number of ether oxygens (including phenoxy) is 1. The van der Waals surface area contributed by atoms with Crippen LogP contribution in [0.3, 0.4) is 0 Å². The molecule has 1 aliphatic heterocycles. The Morgan fingerprint density at radius 2 is 1.19 bits per heavy atom. The molecule has 0 saturated carbocycles. The summed E-state index contributed by atoms with van der Waals surface area (Å²) < 4.78 is 32.4. The van der Waals surface area contributed by atoms with E-state index in [2.05, 4.69) is 0 Å². The van der Waals surface area contributed by atoms with E-state index in [0.29, 0.717) is 11.1 Å². The molecule has 0 N–H and O–H groups in total. The van der Waals surface area contributed by atoms with Gasteiger partial charge in [-0.25, -0.2) is 13.2 Å². The molecule has 0 bridgehead atoms. The third-order valence-corrected chi connectivity index (χ3v) is 6.38. The molecular formula is C25H24O5S. The highest BCUT2D eigenvalue weighted by atomic mass is 32.2. The molecule has 0 aromatic heterocycles. The van der Waals surface area contributed by atoms with Crippen LogP contribution >= 0.6 is 0 Å². The first-order valence-corrected chi connectivity index (χ1v) is 11.3. The van der Waals surface area contributed by atoms with E-state index in [1.54, 1.807) is 81.4 Å². The molecule has 0 unspecified atom stereocenters. The van der Waals surface area contributed by atoms with Gasteiger partial charge in [-0.3, -0.25) is 4.79 Å². The summed E-state index contributed by atoms with van der Waals surface area (Å²) in [4.78, 5) is 25.3. The lowest BCUT2D eigenvalue weighted by atomic mass is 10.0. The Labute approximate surface area is 182 Å². The normalized spacial score (nSPS) is 15.5. The maximum absolute atomic E-state index is 13.5. The van der Waals surface area contributed by atoms with E-state index >= 15 is 0 Å². The van der Waals surface area contributed by atoms with Gasteiger partial charge in [0.25, 0.3) is 0 Å². The molecule has 2 aromatic carbocycles. The second kappa shape index (κ2) is 8.47. The molecule has 0 radical (unpaired) electrons. The summed E-state index contributed by atoms with van der Waals surface area (Å²) in [7, 11) is -3.90. The van der Waals surface area contributed by atoms with Gasteiger partial charge in [-0.2, -0.15) is 0 Å². The largest absolute Gasteiger partial charge is 0.456 e. The Bertz CT molecular complexity index is 1140. The number of rotatable bonds is 4. The van der Waals surface area contributed by atoms with Gasteiger partial charge in [0.15, 0.2) is 5.78 Å². The summed E-state index contributed by atoms with van der Waals surface area (Å²) >= 11 is 0. The van der Waals surface area contributed by atoms with Crippen LogP contribution in [-0.2, 0) is 24.2 Å². The molecule has 31 heavy (non-hydrogen) atoms. The van der Waals surface area contributed by atoms with Crippen molar-refractivity contribution in [1.29, 1.82) is 0 Å². The number of Topliss-reactive ketones (excluding diaryl/α,β-unsaturated/α-hetero) is 1. The molecule has 0 saturated heterocycles. The van der Waals surface area contributed by atoms with Gasteiger partial charge in [0, 0.05) is 0 Å². The van der Waals surface area contributed by atoms with Crippen molar-refractivity contribution in [3.63, 3.8) is 0 Å². The highest BCUT2D eigenvalue weighted by Crippen LogP contribution is 2.39. The van der Waals surface area contributed by atoms with Crippen LogP contribution in [0.1, 0.15) is 38.8 Å². The van der Waals surface area contributed by atoms with Crippen molar-refractivity contribution in [2.75, 3.05) is 0 Å². The maximum Gasteiger partial charge on any atom is 0.342 e. The summed E-state index contributed by atoms with van der Waals surface area (Å²) in [5.41, 5.74) is 0.139. The Hall–Kier alpha value is -3.25. The number of sulfone groups is 1. The minimum atomic E-state index is -3.90. The van der Waals surface area contributed by atoms with Crippen LogP contribution in [0.15, 0.2) is 84.0 Å². The number of allylic oxidation sites excluding steroid dienone is 3. The fourth-order valence-corrected chi connectivity index (χ4v) is 4.91. The first kappa shape index (κ1) is 22.4. The van der Waals surface area contributed by atoms with Gasteiger partial charge in [-0.1, -0.05) is 60.7 Å². The van der Waals surface area contributed by atoms with Crippen molar-refractivity contribution in [2.24, 2.45) is 0 Å². The van der Waals surface area contributed by atoms with Crippen molar-refractivity contribution in [3.05, 3.63) is 95.1 Å². The minimum Gasteiger partial charge on any atom is -0.456 e. The van der Waals surface area contributed by atoms with Crippen molar-refractivity contribution in [3.8, 4) is 0 Å². The van der Waals surface area contributed by atoms with Gasteiger partial charge < -0.3 is 4.74 Å². The Morgan fingerprint density at radius 3 is 1.55 bits per heavy atom. The molecule has 0 atom stereocenters. The summed E-state index contributed by atoms with van der Waals surface area (Å²) in [5.74, 6) is -1.29. The van der Waals surface area contributed by atoms with Crippen LogP contribution in [0.2, 0.25) is 0 Å². The van der Waals surface area contributed by atoms with Gasteiger partial charge in [-0.15, -0.1) is 0 Å². The number of carbonyl (C=O) groups is 2. The molecule has 0 spiro atoms. The average molecular weight is 437 g/mol. The van der Waals surface area contributed by atoms with E-state index in [0.717, 1.165) is 0 Å². The van der Waals surface area contributed by atoms with E-state index in [4.69, 9.17) is 4.74 Å². The number of ketones is 1. The van der Waals surface area contributed by atoms with E-state index < -0.39 is 27.2 Å². The van der Waals surface area contributed by atoms with Crippen molar-refractivity contribution in [2.45, 2.75) is 33.3 Å². The molecule has 160 valence electrons. The standard InChI is InChI=1S/C25H24O5S/c1-17(26)23(24(27)30-25(2,3)4)20-15-21(18-11-7-5-8-12-18)31(28,29)22(16-20)19-13-9-6-10-14-19/h5-16H,1-4H3. The van der Waals surface area contributed by atoms with Crippen LogP contribution in [0.5, 0.6) is 0 Å². The van der Waals surface area contributed by atoms with E-state index in [1.807, 2.05) is 0 Å². The zero-order chi connectivity index (χ0) is 22.8. The lowest BCUT2D eigenvalue weighted by Crippen LogP contribution is -2.27. The molecule has 3 rings (SSSR count). The molecule has 6 heteroatoms. The predicted molar refractivity (Wildman–Crippen MR) is 121 cm³/mol. The molecular weight excluding hydrogens is 412 g/mol. The number of hydrogen-bond acceptors (Lipinski definition) is 5. The van der Waals surface area contributed by atoms with E-state index in [-0.39, 0.29) is 21.0 Å². The lowest BCUT2D eigenvalue weighted by Gasteiger charge is -2.22. The van der Waals surface area contributed by atoms with Crippen molar-refractivity contribution in [1.82, 2.24) is 0 Å². The smallest absolute Gasteiger partial charge is 0.342 e. The molecule has 2 aromatic rings. The van der Waals surface area contributed by atoms with E-state index in [1.165, 1.54) is 19.1 Å². The fraction of sp³-hybridized carbons (Fsp3) is 0.200. The summed E-state index contributed by atoms with van der Waals surface area (Å²) in [6.45, 7) is 6.38. The molecule has 1 heterocycles. The molecule has 5 nitrogen and oxygen atoms in total. The number of carbonyl (C=O) groups excluding carboxylic acids is 2. The van der Waals surface area contributed by atoms with Gasteiger partial charge in [0.1, 0.15) is 11.2 Å². The maximum atomic E-state index is 13.5. The summed E-state index contributed by atoms with van der Waals surface area (Å²) in [5, 5.41) is 0. The first-order valence-electron chi connectivity index (χ1n) is 9.78. The van der Waals surface area contributed by atoms with Crippen LogP contribution in [0, 0.1) is 0 Å². The second-order valence-electron chi connectivity index (χ2n) is 8.14. The van der Waals surface area contributed by atoms with Crippen molar-refractivity contribution >= 4 is 31.4 Å². The third kappa shape index (κ3) is 4.91. The molecule has 0 fully saturated rings.